The van der Waals surface area contributed by atoms with Gasteiger partial charge in [-0.15, -0.1) is 0 Å². The van der Waals surface area contributed by atoms with Crippen molar-refractivity contribution in [3.05, 3.63) is 68.6 Å². The maximum absolute atomic E-state index is 12.1. The van der Waals surface area contributed by atoms with Crippen LogP contribution in [0.15, 0.2) is 52.3 Å². The summed E-state index contributed by atoms with van der Waals surface area (Å²) in [6, 6.07) is 8.36. The lowest BCUT2D eigenvalue weighted by Gasteiger charge is -2.12. The third kappa shape index (κ3) is 3.63. The average Bonchev–Trinajstić information content (AvgIpc) is 2.49. The van der Waals surface area contributed by atoms with Crippen molar-refractivity contribution in [2.24, 2.45) is 0 Å². The molecule has 1 aromatic carbocycles. The van der Waals surface area contributed by atoms with Gasteiger partial charge in [0, 0.05) is 26.2 Å². The highest BCUT2D eigenvalue weighted by Gasteiger charge is 2.17. The molecule has 8 nitrogen and oxygen atoms in total. The van der Waals surface area contributed by atoms with Gasteiger partial charge in [-0.2, -0.15) is 0 Å². The first-order chi connectivity index (χ1) is 10.7. The summed E-state index contributed by atoms with van der Waals surface area (Å²) in [4.78, 5) is 22.1. The van der Waals surface area contributed by atoms with E-state index in [4.69, 9.17) is 0 Å². The van der Waals surface area contributed by atoms with Crippen LogP contribution in [-0.4, -0.2) is 36.3 Å². The van der Waals surface area contributed by atoms with Crippen molar-refractivity contribution < 1.29 is 13.3 Å². The summed E-state index contributed by atoms with van der Waals surface area (Å²) in [5, 5.41) is 10.8. The Morgan fingerprint density at radius 1 is 1.22 bits per heavy atom. The first-order valence-corrected chi connectivity index (χ1v) is 8.02. The van der Waals surface area contributed by atoms with Crippen LogP contribution in [0.25, 0.3) is 0 Å². The highest BCUT2D eigenvalue weighted by atomic mass is 32.2. The number of pyridine rings is 1. The molecule has 0 saturated carbocycles. The molecule has 0 N–H and O–H groups in total. The Labute approximate surface area is 132 Å². The molecule has 1 heterocycles. The number of rotatable bonds is 5. The molecular weight excluding hydrogens is 322 g/mol. The van der Waals surface area contributed by atoms with Gasteiger partial charge in [0.1, 0.15) is 0 Å². The molecule has 0 spiro atoms. The molecule has 1 aromatic heterocycles. The van der Waals surface area contributed by atoms with E-state index in [9.17, 15) is 23.3 Å². The zero-order chi connectivity index (χ0) is 17.2. The van der Waals surface area contributed by atoms with Gasteiger partial charge in [0.25, 0.3) is 11.2 Å². The van der Waals surface area contributed by atoms with E-state index in [2.05, 4.69) is 0 Å². The number of hydrogen-bond donors (Lipinski definition) is 0. The van der Waals surface area contributed by atoms with Crippen molar-refractivity contribution in [3.63, 3.8) is 0 Å². The van der Waals surface area contributed by atoms with E-state index in [1.165, 1.54) is 30.8 Å². The van der Waals surface area contributed by atoms with Gasteiger partial charge < -0.3 is 4.57 Å². The lowest BCUT2D eigenvalue weighted by atomic mass is 10.2. The summed E-state index contributed by atoms with van der Waals surface area (Å²) < 4.78 is 26.5. The van der Waals surface area contributed by atoms with Crippen LogP contribution in [0.4, 0.5) is 5.69 Å². The van der Waals surface area contributed by atoms with Crippen molar-refractivity contribution in [1.82, 2.24) is 8.87 Å². The molecule has 0 aliphatic carbocycles. The zero-order valence-corrected chi connectivity index (χ0v) is 13.4. The summed E-state index contributed by atoms with van der Waals surface area (Å²) in [7, 11) is -0.738. The van der Waals surface area contributed by atoms with Crippen LogP contribution in [0.2, 0.25) is 0 Å². The van der Waals surface area contributed by atoms with Gasteiger partial charge in [-0.1, -0.05) is 12.1 Å². The Kier molecular flexibility index (Phi) is 4.62. The van der Waals surface area contributed by atoms with Crippen LogP contribution >= 0.6 is 0 Å². The second-order valence-corrected chi connectivity index (χ2v) is 7.20. The molecule has 0 aliphatic rings. The monoisotopic (exact) mass is 337 g/mol. The van der Waals surface area contributed by atoms with Crippen LogP contribution in [0.3, 0.4) is 0 Å². The zero-order valence-electron chi connectivity index (χ0n) is 12.5. The minimum atomic E-state index is -3.59. The molecule has 0 unspecified atom stereocenters. The smallest absolute Gasteiger partial charge is 0.285 e. The lowest BCUT2D eigenvalue weighted by molar-refractivity contribution is -0.385. The number of sulfonamides is 1. The fraction of sp³-hybridized carbons (Fsp3) is 0.214. The number of benzene rings is 1. The second kappa shape index (κ2) is 6.31. The third-order valence-corrected chi connectivity index (χ3v) is 5.02. The fourth-order valence-corrected chi connectivity index (χ4v) is 2.93. The van der Waals surface area contributed by atoms with Gasteiger partial charge >= 0.3 is 0 Å². The molecule has 0 bridgehead atoms. The molecule has 0 amide bonds. The van der Waals surface area contributed by atoms with E-state index in [-0.39, 0.29) is 17.1 Å². The van der Waals surface area contributed by atoms with E-state index in [0.717, 1.165) is 22.6 Å². The molecular formula is C14H15N3O5S. The summed E-state index contributed by atoms with van der Waals surface area (Å²) in [6.45, 7) is 0.0390. The normalized spacial score (nSPS) is 11.6. The molecule has 2 aromatic rings. The van der Waals surface area contributed by atoms with E-state index < -0.39 is 20.5 Å². The summed E-state index contributed by atoms with van der Waals surface area (Å²) in [6.07, 6.45) is 1.13. The minimum absolute atomic E-state index is 0.0390. The van der Waals surface area contributed by atoms with Crippen LogP contribution in [-0.2, 0) is 16.6 Å². The van der Waals surface area contributed by atoms with Crippen molar-refractivity contribution >= 4 is 15.7 Å². The first-order valence-electron chi connectivity index (χ1n) is 6.58. The number of hydrogen-bond acceptors (Lipinski definition) is 5. The Bertz CT molecular complexity index is 903. The quantitative estimate of drug-likeness (QED) is 0.599. The molecule has 0 radical (unpaired) electrons. The van der Waals surface area contributed by atoms with Crippen LogP contribution < -0.4 is 5.56 Å². The minimum Gasteiger partial charge on any atom is -0.304 e. The van der Waals surface area contributed by atoms with Gasteiger partial charge in [-0.25, -0.2) is 12.7 Å². The molecule has 0 aliphatic heterocycles. The van der Waals surface area contributed by atoms with E-state index in [1.54, 1.807) is 12.1 Å². The van der Waals surface area contributed by atoms with Crippen LogP contribution in [0.5, 0.6) is 0 Å². The first kappa shape index (κ1) is 16.8. The summed E-state index contributed by atoms with van der Waals surface area (Å²) >= 11 is 0. The molecule has 0 saturated heterocycles. The van der Waals surface area contributed by atoms with Crippen molar-refractivity contribution in [2.45, 2.75) is 11.4 Å². The SMILES string of the molecule is CN(C)S(=O)(=O)c1cccc(Cn2cc([N+](=O)[O-])ccc2=O)c1. The van der Waals surface area contributed by atoms with Crippen LogP contribution in [0, 0.1) is 10.1 Å². The largest absolute Gasteiger partial charge is 0.304 e. The van der Waals surface area contributed by atoms with Gasteiger partial charge in [-0.3, -0.25) is 14.9 Å². The lowest BCUT2D eigenvalue weighted by Crippen LogP contribution is -2.23. The average molecular weight is 337 g/mol. The molecule has 9 heteroatoms. The Balaban J connectivity index is 2.41. The predicted molar refractivity (Wildman–Crippen MR) is 83.8 cm³/mol. The van der Waals surface area contributed by atoms with Gasteiger partial charge in [0.05, 0.1) is 22.6 Å². The molecule has 23 heavy (non-hydrogen) atoms. The van der Waals surface area contributed by atoms with Crippen molar-refractivity contribution in [2.75, 3.05) is 14.1 Å². The summed E-state index contributed by atoms with van der Waals surface area (Å²) in [5.74, 6) is 0. The predicted octanol–water partition coefficient (Wildman–Crippen LogP) is 1.06. The Hall–Kier alpha value is -2.52. The van der Waals surface area contributed by atoms with Gasteiger partial charge in [0.15, 0.2) is 0 Å². The number of aromatic nitrogens is 1. The van der Waals surface area contributed by atoms with Crippen LogP contribution in [0.1, 0.15) is 5.56 Å². The Morgan fingerprint density at radius 2 is 1.91 bits per heavy atom. The highest BCUT2D eigenvalue weighted by Crippen LogP contribution is 2.16. The molecule has 122 valence electrons. The second-order valence-electron chi connectivity index (χ2n) is 5.05. The fourth-order valence-electron chi connectivity index (χ4n) is 1.96. The maximum Gasteiger partial charge on any atom is 0.285 e. The maximum atomic E-state index is 12.1. The van der Waals surface area contributed by atoms with Gasteiger partial charge in [-0.05, 0) is 17.7 Å². The van der Waals surface area contributed by atoms with E-state index in [0.29, 0.717) is 5.56 Å². The van der Waals surface area contributed by atoms with E-state index >= 15 is 0 Å². The van der Waals surface area contributed by atoms with Crippen molar-refractivity contribution in [3.8, 4) is 0 Å². The topological polar surface area (TPSA) is 103 Å². The molecule has 0 atom stereocenters. The Morgan fingerprint density at radius 3 is 2.52 bits per heavy atom. The standard InChI is InChI=1S/C14H15N3O5S/c1-15(2)23(21,22)13-5-3-4-11(8-13)9-16-10-12(17(19)20)6-7-14(16)18/h3-8,10H,9H2,1-2H3. The van der Waals surface area contributed by atoms with Crippen molar-refractivity contribution in [1.29, 1.82) is 0 Å². The van der Waals surface area contributed by atoms with E-state index in [1.807, 2.05) is 0 Å². The number of nitrogens with zero attached hydrogens (tertiary/aromatic N) is 3. The highest BCUT2D eigenvalue weighted by molar-refractivity contribution is 7.89. The summed E-state index contributed by atoms with van der Waals surface area (Å²) in [5.41, 5.74) is -0.0614. The molecule has 0 fully saturated rings. The number of nitro groups is 1. The third-order valence-electron chi connectivity index (χ3n) is 3.21. The van der Waals surface area contributed by atoms with Gasteiger partial charge in [0.2, 0.25) is 10.0 Å². The molecule has 2 rings (SSSR count).